The van der Waals surface area contributed by atoms with Crippen molar-refractivity contribution in [3.63, 3.8) is 0 Å². The van der Waals surface area contributed by atoms with Crippen LogP contribution in [0.25, 0.3) is 0 Å². The maximum Gasteiger partial charge on any atom is 0.183 e. The molecule has 0 aliphatic rings. The number of hydrogen-bond donors (Lipinski definition) is 0. The third-order valence-corrected chi connectivity index (χ3v) is 8.68. The fourth-order valence-corrected chi connectivity index (χ4v) is 4.28. The first-order valence-corrected chi connectivity index (χ1v) is 7.58. The Morgan fingerprint density at radius 2 is 1.91 bits per heavy atom. The van der Waals surface area contributed by atoms with Crippen LogP contribution in [0.2, 0.25) is 0 Å². The molecule has 1 atom stereocenters. The van der Waals surface area contributed by atoms with Crippen LogP contribution in [0.15, 0.2) is 0 Å². The van der Waals surface area contributed by atoms with Crippen LogP contribution in [-0.2, 0) is 4.57 Å². The predicted molar refractivity (Wildman–Crippen MR) is 56.2 cm³/mol. The third-order valence-electron chi connectivity index (χ3n) is 1.71. The van der Waals surface area contributed by atoms with E-state index in [-0.39, 0.29) is 4.49 Å². The zero-order chi connectivity index (χ0) is 9.12. The summed E-state index contributed by atoms with van der Waals surface area (Å²) in [5.74, 6) is 0.962. The van der Waals surface area contributed by atoms with E-state index in [1.54, 1.807) is 11.8 Å². The molecule has 4 heteroatoms. The molecule has 0 aliphatic heterocycles. The molecule has 0 aromatic heterocycles. The lowest BCUT2D eigenvalue weighted by molar-refractivity contribution is 0.576. The van der Waals surface area contributed by atoms with Crippen molar-refractivity contribution in [1.82, 2.24) is 0 Å². The van der Waals surface area contributed by atoms with Gasteiger partial charge in [-0.3, -0.25) is 0 Å². The van der Waals surface area contributed by atoms with E-state index in [0.717, 1.165) is 5.75 Å². The number of thioether (sulfide) groups is 1. The van der Waals surface area contributed by atoms with Gasteiger partial charge in [0.05, 0.1) is 4.49 Å². The summed E-state index contributed by atoms with van der Waals surface area (Å²) in [6, 6.07) is 0. The third kappa shape index (κ3) is 3.01. The van der Waals surface area contributed by atoms with Crippen LogP contribution in [-0.4, -0.2) is 16.4 Å². The van der Waals surface area contributed by atoms with Crippen molar-refractivity contribution in [3.05, 3.63) is 0 Å². The van der Waals surface area contributed by atoms with Crippen LogP contribution in [0.3, 0.4) is 0 Å². The number of halogens is 1. The molecule has 11 heavy (non-hydrogen) atoms. The van der Waals surface area contributed by atoms with Gasteiger partial charge in [-0.2, -0.15) is 0 Å². The minimum Gasteiger partial charge on any atom is -0.305 e. The highest BCUT2D eigenvalue weighted by Crippen LogP contribution is 2.66. The van der Waals surface area contributed by atoms with Gasteiger partial charge in [0.15, 0.2) is 6.49 Å². The second kappa shape index (κ2) is 4.20. The van der Waals surface area contributed by atoms with Gasteiger partial charge in [0, 0.05) is 6.16 Å². The zero-order valence-corrected chi connectivity index (χ0v) is 10.0. The van der Waals surface area contributed by atoms with Gasteiger partial charge < -0.3 is 4.57 Å². The molecule has 0 aromatic rings. The lowest BCUT2D eigenvalue weighted by Crippen LogP contribution is -2.13. The molecule has 0 spiro atoms. The first kappa shape index (κ1) is 11.9. The van der Waals surface area contributed by atoms with Crippen molar-refractivity contribution in [2.24, 2.45) is 0 Å². The quantitative estimate of drug-likeness (QED) is 0.658. The Bertz CT molecular complexity index is 170. The molecule has 0 saturated carbocycles. The fraction of sp³-hybridized carbons (Fsp3) is 1.00. The van der Waals surface area contributed by atoms with Gasteiger partial charge in [0.25, 0.3) is 0 Å². The summed E-state index contributed by atoms with van der Waals surface area (Å²) >= 11 is 7.60. The number of rotatable bonds is 4. The van der Waals surface area contributed by atoms with E-state index in [1.807, 2.05) is 20.8 Å². The van der Waals surface area contributed by atoms with E-state index in [9.17, 15) is 4.57 Å². The minimum absolute atomic E-state index is 0.266. The van der Waals surface area contributed by atoms with Crippen LogP contribution in [0.1, 0.15) is 27.7 Å². The summed E-state index contributed by atoms with van der Waals surface area (Å²) in [7, 11) is 0. The molecular weight excluding hydrogens is 199 g/mol. The Balaban J connectivity index is 4.40. The molecule has 0 N–H and O–H groups in total. The van der Waals surface area contributed by atoms with E-state index in [0.29, 0.717) is 6.16 Å². The largest absolute Gasteiger partial charge is 0.305 e. The second-order valence-corrected chi connectivity index (χ2v) is 9.73. The molecule has 0 radical (unpaired) electrons. The first-order chi connectivity index (χ1) is 4.87. The number of hydrogen-bond acceptors (Lipinski definition) is 2. The summed E-state index contributed by atoms with van der Waals surface area (Å²) in [6.07, 6.45) is 0.578. The summed E-state index contributed by atoms with van der Waals surface area (Å²) < 4.78 is 11.5. The standard InChI is InChI=1S/C7H16ClOPS/c1-5-10(8,9)7(3,4)11-6-2/h5-6H2,1-4H3. The smallest absolute Gasteiger partial charge is 0.183 e. The summed E-state index contributed by atoms with van der Waals surface area (Å²) in [6.45, 7) is 5.39. The van der Waals surface area contributed by atoms with E-state index >= 15 is 0 Å². The topological polar surface area (TPSA) is 17.1 Å². The van der Waals surface area contributed by atoms with Crippen LogP contribution < -0.4 is 0 Å². The molecule has 0 saturated heterocycles. The monoisotopic (exact) mass is 214 g/mol. The molecule has 0 aliphatic carbocycles. The van der Waals surface area contributed by atoms with Crippen LogP contribution in [0.5, 0.6) is 0 Å². The molecule has 68 valence electrons. The maximum atomic E-state index is 11.7. The van der Waals surface area contributed by atoms with Gasteiger partial charge in [0.2, 0.25) is 0 Å². The van der Waals surface area contributed by atoms with Crippen LogP contribution in [0, 0.1) is 0 Å². The van der Waals surface area contributed by atoms with Gasteiger partial charge in [-0.05, 0) is 19.6 Å². The van der Waals surface area contributed by atoms with Gasteiger partial charge in [-0.1, -0.05) is 25.1 Å². The molecule has 0 bridgehead atoms. The molecule has 0 heterocycles. The van der Waals surface area contributed by atoms with Gasteiger partial charge in [-0.15, -0.1) is 11.8 Å². The summed E-state index contributed by atoms with van der Waals surface area (Å²) in [4.78, 5) is 0. The predicted octanol–water partition coefficient (Wildman–Crippen LogP) is 4.01. The molecule has 0 rings (SSSR count). The SMILES string of the molecule is CCSC(C)(C)P(=O)(Cl)CC. The molecule has 1 nitrogen and oxygen atoms in total. The van der Waals surface area contributed by atoms with Crippen molar-refractivity contribution in [1.29, 1.82) is 0 Å². The second-order valence-electron chi connectivity index (χ2n) is 2.85. The molecule has 0 fully saturated rings. The van der Waals surface area contributed by atoms with Crippen LogP contribution >= 0.6 is 29.5 Å². The summed E-state index contributed by atoms with van der Waals surface area (Å²) in [5.41, 5.74) is 0. The van der Waals surface area contributed by atoms with Crippen molar-refractivity contribution in [3.8, 4) is 0 Å². The Kier molecular flexibility index (Phi) is 4.54. The van der Waals surface area contributed by atoms with E-state index < -0.39 is 6.49 Å². The van der Waals surface area contributed by atoms with Crippen molar-refractivity contribution < 1.29 is 4.57 Å². The van der Waals surface area contributed by atoms with E-state index in [2.05, 4.69) is 6.92 Å². The molecule has 1 unspecified atom stereocenters. The Hall–Kier alpha value is 0.870. The van der Waals surface area contributed by atoms with Crippen molar-refractivity contribution in [2.45, 2.75) is 32.2 Å². The average Bonchev–Trinajstić information content (AvgIpc) is 1.87. The summed E-state index contributed by atoms with van der Waals surface area (Å²) in [5, 5.41) is 0. The lowest BCUT2D eigenvalue weighted by atomic mass is 10.5. The Morgan fingerprint density at radius 3 is 2.18 bits per heavy atom. The fourth-order valence-electron chi connectivity index (χ4n) is 0.830. The normalized spacial score (nSPS) is 17.9. The Labute approximate surface area is 78.4 Å². The van der Waals surface area contributed by atoms with E-state index in [1.165, 1.54) is 0 Å². The van der Waals surface area contributed by atoms with Gasteiger partial charge in [-0.25, -0.2) is 0 Å². The lowest BCUT2D eigenvalue weighted by Gasteiger charge is -2.28. The molecule has 0 amide bonds. The van der Waals surface area contributed by atoms with Crippen molar-refractivity contribution >= 4 is 29.5 Å². The van der Waals surface area contributed by atoms with Gasteiger partial charge >= 0.3 is 0 Å². The highest BCUT2D eigenvalue weighted by molar-refractivity contribution is 8.12. The van der Waals surface area contributed by atoms with Gasteiger partial charge in [0.1, 0.15) is 0 Å². The van der Waals surface area contributed by atoms with Crippen LogP contribution in [0.4, 0.5) is 0 Å². The zero-order valence-electron chi connectivity index (χ0n) is 7.56. The highest BCUT2D eigenvalue weighted by Gasteiger charge is 2.36. The van der Waals surface area contributed by atoms with Crippen molar-refractivity contribution in [2.75, 3.05) is 11.9 Å². The molecule has 0 aromatic carbocycles. The minimum atomic E-state index is -2.46. The Morgan fingerprint density at radius 1 is 1.45 bits per heavy atom. The van der Waals surface area contributed by atoms with E-state index in [4.69, 9.17) is 11.2 Å². The highest BCUT2D eigenvalue weighted by atomic mass is 35.7. The molecular formula is C7H16ClOPS. The average molecular weight is 215 g/mol. The first-order valence-electron chi connectivity index (χ1n) is 3.80. The maximum absolute atomic E-state index is 11.7.